The molecule has 0 aliphatic heterocycles. The van der Waals surface area contributed by atoms with Crippen LogP contribution in [0.25, 0.3) is 0 Å². The van der Waals surface area contributed by atoms with E-state index in [1.165, 1.54) is 17.2 Å². The molecule has 0 bridgehead atoms. The fraction of sp³-hybridized carbons (Fsp3) is 0.600. The summed E-state index contributed by atoms with van der Waals surface area (Å²) in [4.78, 5) is 19.1. The summed E-state index contributed by atoms with van der Waals surface area (Å²) < 4.78 is 18.8. The molecule has 124 valence electrons. The second-order valence-electron chi connectivity index (χ2n) is 6.04. The Morgan fingerprint density at radius 1 is 1.41 bits per heavy atom. The molecule has 2 N–H and O–H groups in total. The van der Waals surface area contributed by atoms with Crippen molar-refractivity contribution in [3.05, 3.63) is 18.1 Å². The molecule has 0 saturated heterocycles. The van der Waals surface area contributed by atoms with E-state index in [4.69, 9.17) is 10.5 Å². The predicted octanol–water partition coefficient (Wildman–Crippen LogP) is 2.50. The predicted molar refractivity (Wildman–Crippen MR) is 85.4 cm³/mol. The van der Waals surface area contributed by atoms with E-state index in [0.29, 0.717) is 25.3 Å². The van der Waals surface area contributed by atoms with Gasteiger partial charge in [-0.3, -0.25) is 0 Å². The summed E-state index contributed by atoms with van der Waals surface area (Å²) in [6.07, 6.45) is 1.14. The van der Waals surface area contributed by atoms with Crippen LogP contribution in [0, 0.1) is 5.82 Å². The number of nitrogens with zero attached hydrogens (tertiary/aromatic N) is 3. The summed E-state index contributed by atoms with van der Waals surface area (Å²) in [5.74, 6) is -0.665. The molecule has 0 saturated carbocycles. The number of likely N-dealkylation sites (N-methyl/N-ethyl adjacent to an activating group) is 2. The molecule has 0 unspecified atom stereocenters. The summed E-state index contributed by atoms with van der Waals surface area (Å²) in [7, 11) is 1.67. The Balaban J connectivity index is 2.63. The van der Waals surface area contributed by atoms with Crippen LogP contribution in [-0.4, -0.2) is 48.3 Å². The normalized spacial score (nSPS) is 11.2. The van der Waals surface area contributed by atoms with Crippen LogP contribution in [-0.2, 0) is 4.74 Å². The lowest BCUT2D eigenvalue weighted by molar-refractivity contribution is 0.0303. The second-order valence-corrected chi connectivity index (χ2v) is 6.04. The van der Waals surface area contributed by atoms with Crippen molar-refractivity contribution in [2.75, 3.05) is 37.3 Å². The number of pyridine rings is 1. The number of nitrogens with two attached hydrogens (primary N) is 1. The number of nitrogen functional groups attached to an aromatic ring is 1. The van der Waals surface area contributed by atoms with Crippen molar-refractivity contribution in [1.29, 1.82) is 0 Å². The summed E-state index contributed by atoms with van der Waals surface area (Å²) in [5, 5.41) is 0. The van der Waals surface area contributed by atoms with Crippen LogP contribution >= 0.6 is 0 Å². The molecule has 0 aliphatic rings. The van der Waals surface area contributed by atoms with Gasteiger partial charge >= 0.3 is 6.09 Å². The lowest BCUT2D eigenvalue weighted by Crippen LogP contribution is -2.39. The van der Waals surface area contributed by atoms with Crippen LogP contribution in [0.3, 0.4) is 0 Å². The first kappa shape index (κ1) is 18.0. The Morgan fingerprint density at radius 3 is 2.55 bits per heavy atom. The van der Waals surface area contributed by atoms with Gasteiger partial charge in [0.25, 0.3) is 0 Å². The van der Waals surface area contributed by atoms with E-state index >= 15 is 0 Å². The number of carbonyl (C=O) groups excluding carboxylic acids is 1. The van der Waals surface area contributed by atoms with Gasteiger partial charge in [0.2, 0.25) is 0 Å². The molecule has 1 amide bonds. The van der Waals surface area contributed by atoms with Gasteiger partial charge in [0.1, 0.15) is 5.60 Å². The number of rotatable bonds is 5. The van der Waals surface area contributed by atoms with E-state index < -0.39 is 11.4 Å². The largest absolute Gasteiger partial charge is 0.444 e. The standard InChI is InChI=1S/C15H25FN4O2/c1-6-20(11-9-12(16)13(17)18-10-11)8-7-19(5)14(21)22-15(2,3)4/h9-10H,6-8H2,1-5H3,(H2,17,18). The topological polar surface area (TPSA) is 71.7 Å². The summed E-state index contributed by atoms with van der Waals surface area (Å²) in [6.45, 7) is 9.06. The molecular weight excluding hydrogens is 287 g/mol. The molecule has 0 radical (unpaired) electrons. The molecule has 22 heavy (non-hydrogen) atoms. The number of hydrogen-bond acceptors (Lipinski definition) is 5. The minimum atomic E-state index is -0.545. The Morgan fingerprint density at radius 2 is 2.05 bits per heavy atom. The Hall–Kier alpha value is -2.05. The summed E-state index contributed by atoms with van der Waals surface area (Å²) >= 11 is 0. The third-order valence-corrected chi connectivity index (χ3v) is 3.01. The van der Waals surface area contributed by atoms with Crippen LogP contribution in [0.15, 0.2) is 12.3 Å². The SMILES string of the molecule is CCN(CCN(C)C(=O)OC(C)(C)C)c1cnc(N)c(F)c1. The highest BCUT2D eigenvalue weighted by molar-refractivity contribution is 5.67. The molecule has 1 heterocycles. The highest BCUT2D eigenvalue weighted by Crippen LogP contribution is 2.17. The van der Waals surface area contributed by atoms with Crippen LogP contribution in [0.4, 0.5) is 20.7 Å². The minimum absolute atomic E-state index is 0.120. The first-order chi connectivity index (χ1) is 10.1. The number of ether oxygens (including phenoxy) is 1. The summed E-state index contributed by atoms with van der Waals surface area (Å²) in [5.41, 5.74) is 5.48. The van der Waals surface area contributed by atoms with Crippen LogP contribution < -0.4 is 10.6 Å². The number of carbonyl (C=O) groups is 1. The monoisotopic (exact) mass is 312 g/mol. The average Bonchev–Trinajstić information content (AvgIpc) is 2.41. The Bertz CT molecular complexity index is 517. The van der Waals surface area contributed by atoms with E-state index in [1.807, 2.05) is 32.6 Å². The Kier molecular flexibility index (Phi) is 5.96. The van der Waals surface area contributed by atoms with Crippen molar-refractivity contribution in [1.82, 2.24) is 9.88 Å². The van der Waals surface area contributed by atoms with E-state index in [9.17, 15) is 9.18 Å². The van der Waals surface area contributed by atoms with E-state index in [2.05, 4.69) is 4.98 Å². The minimum Gasteiger partial charge on any atom is -0.444 e. The number of anilines is 2. The van der Waals surface area contributed by atoms with Crippen molar-refractivity contribution in [2.45, 2.75) is 33.3 Å². The first-order valence-corrected chi connectivity index (χ1v) is 7.24. The van der Waals surface area contributed by atoms with E-state index in [0.717, 1.165) is 0 Å². The maximum atomic E-state index is 13.5. The van der Waals surface area contributed by atoms with Crippen LogP contribution in [0.5, 0.6) is 0 Å². The van der Waals surface area contributed by atoms with Gasteiger partial charge in [-0.15, -0.1) is 0 Å². The van der Waals surface area contributed by atoms with Crippen molar-refractivity contribution >= 4 is 17.6 Å². The smallest absolute Gasteiger partial charge is 0.410 e. The van der Waals surface area contributed by atoms with Crippen molar-refractivity contribution in [3.8, 4) is 0 Å². The highest BCUT2D eigenvalue weighted by atomic mass is 19.1. The Labute approximate surface area is 131 Å². The highest BCUT2D eigenvalue weighted by Gasteiger charge is 2.20. The third kappa shape index (κ3) is 5.38. The fourth-order valence-corrected chi connectivity index (χ4v) is 1.78. The molecular formula is C15H25FN4O2. The van der Waals surface area contributed by atoms with Gasteiger partial charge in [-0.25, -0.2) is 14.2 Å². The third-order valence-electron chi connectivity index (χ3n) is 3.01. The molecule has 1 aromatic rings. The zero-order valence-corrected chi connectivity index (χ0v) is 13.9. The summed E-state index contributed by atoms with van der Waals surface area (Å²) in [6, 6.07) is 1.35. The maximum Gasteiger partial charge on any atom is 0.410 e. The fourth-order valence-electron chi connectivity index (χ4n) is 1.78. The van der Waals surface area contributed by atoms with Crippen molar-refractivity contribution in [2.24, 2.45) is 0 Å². The average molecular weight is 312 g/mol. The number of halogens is 1. The van der Waals surface area contributed by atoms with Gasteiger partial charge in [-0.2, -0.15) is 0 Å². The van der Waals surface area contributed by atoms with Gasteiger partial charge in [0, 0.05) is 32.7 Å². The quantitative estimate of drug-likeness (QED) is 0.904. The molecule has 1 rings (SSSR count). The molecule has 0 fully saturated rings. The van der Waals surface area contributed by atoms with Gasteiger partial charge in [-0.1, -0.05) is 0 Å². The van der Waals surface area contributed by atoms with Crippen LogP contribution in [0.2, 0.25) is 0 Å². The molecule has 1 aromatic heterocycles. The van der Waals surface area contributed by atoms with Crippen LogP contribution in [0.1, 0.15) is 27.7 Å². The lowest BCUT2D eigenvalue weighted by atomic mass is 10.2. The zero-order valence-electron chi connectivity index (χ0n) is 13.9. The van der Waals surface area contributed by atoms with Gasteiger partial charge < -0.3 is 20.3 Å². The maximum absolute atomic E-state index is 13.5. The number of amides is 1. The van der Waals surface area contributed by atoms with Crippen molar-refractivity contribution < 1.29 is 13.9 Å². The van der Waals surface area contributed by atoms with Gasteiger partial charge in [0.05, 0.1) is 11.9 Å². The number of hydrogen-bond donors (Lipinski definition) is 1. The second kappa shape index (κ2) is 7.29. The molecule has 6 nitrogen and oxygen atoms in total. The molecule has 0 aromatic carbocycles. The van der Waals surface area contributed by atoms with E-state index in [-0.39, 0.29) is 11.9 Å². The first-order valence-electron chi connectivity index (χ1n) is 7.24. The van der Waals surface area contributed by atoms with Crippen molar-refractivity contribution in [3.63, 3.8) is 0 Å². The number of aromatic nitrogens is 1. The molecule has 0 spiro atoms. The van der Waals surface area contributed by atoms with Gasteiger partial charge in [0.15, 0.2) is 11.6 Å². The van der Waals surface area contributed by atoms with Gasteiger partial charge in [-0.05, 0) is 27.7 Å². The zero-order chi connectivity index (χ0) is 16.9. The van der Waals surface area contributed by atoms with E-state index in [1.54, 1.807) is 7.05 Å². The lowest BCUT2D eigenvalue weighted by Gasteiger charge is -2.28. The molecule has 7 heteroatoms. The molecule has 0 aliphatic carbocycles. The molecule has 0 atom stereocenters.